The van der Waals surface area contributed by atoms with Crippen LogP contribution in [0.3, 0.4) is 0 Å². The lowest BCUT2D eigenvalue weighted by atomic mass is 9.85. The van der Waals surface area contributed by atoms with E-state index < -0.39 is 12.0 Å². The molecule has 1 aromatic heterocycles. The molecule has 0 saturated carbocycles. The summed E-state index contributed by atoms with van der Waals surface area (Å²) < 4.78 is 1.92. The van der Waals surface area contributed by atoms with Crippen molar-refractivity contribution in [1.82, 2.24) is 14.5 Å². The van der Waals surface area contributed by atoms with Crippen LogP contribution in [0.25, 0.3) is 0 Å². The number of imidazole rings is 1. The van der Waals surface area contributed by atoms with Gasteiger partial charge in [-0.3, -0.25) is 4.79 Å². The Kier molecular flexibility index (Phi) is 3.51. The van der Waals surface area contributed by atoms with Crippen LogP contribution in [0.5, 0.6) is 0 Å². The topological polar surface area (TPSA) is 58.4 Å². The fourth-order valence-corrected chi connectivity index (χ4v) is 3.14. The molecule has 3 atom stereocenters. The number of rotatable bonds is 3. The number of likely N-dealkylation sites (tertiary alicyclic amines) is 1. The van der Waals surface area contributed by atoms with Crippen molar-refractivity contribution in [2.45, 2.75) is 12.0 Å². The van der Waals surface area contributed by atoms with E-state index in [1.165, 1.54) is 0 Å². The summed E-state index contributed by atoms with van der Waals surface area (Å²) in [5.41, 5.74) is 1.76. The van der Waals surface area contributed by atoms with Gasteiger partial charge in [0.25, 0.3) is 0 Å². The number of benzene rings is 1. The molecule has 1 aliphatic rings. The highest BCUT2D eigenvalue weighted by atomic mass is 16.3. The van der Waals surface area contributed by atoms with E-state index in [0.717, 1.165) is 11.3 Å². The quantitative estimate of drug-likeness (QED) is 0.925. The lowest BCUT2D eigenvalue weighted by Crippen LogP contribution is -2.27. The minimum Gasteiger partial charge on any atom is -0.388 e. The maximum Gasteiger partial charge on any atom is 0.229 e. The van der Waals surface area contributed by atoms with Gasteiger partial charge in [-0.05, 0) is 5.56 Å². The second kappa shape index (κ2) is 5.33. The number of aromatic nitrogens is 2. The number of amides is 1. The molecule has 0 spiro atoms. The normalized spacial score (nSPS) is 23.6. The maximum atomic E-state index is 12.5. The highest BCUT2D eigenvalue weighted by molar-refractivity contribution is 5.83. The minimum atomic E-state index is -0.802. The first-order valence-electron chi connectivity index (χ1n) is 7.04. The van der Waals surface area contributed by atoms with Crippen molar-refractivity contribution in [2.75, 3.05) is 13.6 Å². The zero-order valence-corrected chi connectivity index (χ0v) is 12.2. The van der Waals surface area contributed by atoms with Crippen LogP contribution >= 0.6 is 0 Å². The monoisotopic (exact) mass is 285 g/mol. The van der Waals surface area contributed by atoms with Crippen LogP contribution in [0.15, 0.2) is 42.9 Å². The standard InChI is InChI=1S/C16H19N3O2/c1-18-9-12(13-8-17-10-19(13)2)14(16(18)21)15(20)11-6-4-3-5-7-11/h3-8,10,12,14-15,20H,9H2,1-2H3/t12-,14-,15-/m1/s1. The van der Waals surface area contributed by atoms with Gasteiger partial charge in [0.2, 0.25) is 5.91 Å². The van der Waals surface area contributed by atoms with Crippen molar-refractivity contribution in [3.8, 4) is 0 Å². The van der Waals surface area contributed by atoms with Crippen molar-refractivity contribution in [3.63, 3.8) is 0 Å². The SMILES string of the molecule is CN1C[C@H](c2cncn2C)[C@H]([C@H](O)c2ccccc2)C1=O. The Balaban J connectivity index is 1.97. The number of carbonyl (C=O) groups is 1. The molecule has 0 radical (unpaired) electrons. The molecule has 0 unspecified atom stereocenters. The molecule has 3 rings (SSSR count). The van der Waals surface area contributed by atoms with E-state index in [1.54, 1.807) is 24.5 Å². The number of carbonyl (C=O) groups excluding carboxylic acids is 1. The molecule has 1 aromatic carbocycles. The van der Waals surface area contributed by atoms with Gasteiger partial charge in [-0.2, -0.15) is 0 Å². The Bertz CT molecular complexity index is 638. The predicted molar refractivity (Wildman–Crippen MR) is 78.5 cm³/mol. The summed E-state index contributed by atoms with van der Waals surface area (Å²) in [4.78, 5) is 18.3. The molecule has 5 heteroatoms. The summed E-state index contributed by atoms with van der Waals surface area (Å²) in [7, 11) is 3.69. The van der Waals surface area contributed by atoms with Crippen molar-refractivity contribution in [3.05, 3.63) is 54.1 Å². The van der Waals surface area contributed by atoms with Gasteiger partial charge in [0.1, 0.15) is 0 Å². The van der Waals surface area contributed by atoms with E-state index in [2.05, 4.69) is 4.98 Å². The molecule has 0 bridgehead atoms. The number of hydrogen-bond acceptors (Lipinski definition) is 3. The summed E-state index contributed by atoms with van der Waals surface area (Å²) >= 11 is 0. The highest BCUT2D eigenvalue weighted by Crippen LogP contribution is 2.40. The molecular formula is C16H19N3O2. The number of aliphatic hydroxyl groups is 1. The second-order valence-electron chi connectivity index (χ2n) is 5.64. The third-order valence-corrected chi connectivity index (χ3v) is 4.28. The first-order valence-corrected chi connectivity index (χ1v) is 7.04. The molecule has 5 nitrogen and oxygen atoms in total. The Morgan fingerprint density at radius 2 is 2.00 bits per heavy atom. The molecule has 1 fully saturated rings. The van der Waals surface area contributed by atoms with E-state index in [4.69, 9.17) is 0 Å². The van der Waals surface area contributed by atoms with E-state index >= 15 is 0 Å². The number of hydrogen-bond donors (Lipinski definition) is 1. The Morgan fingerprint density at radius 1 is 1.29 bits per heavy atom. The van der Waals surface area contributed by atoms with Gasteiger partial charge < -0.3 is 14.6 Å². The van der Waals surface area contributed by atoms with Gasteiger partial charge >= 0.3 is 0 Å². The molecule has 0 aliphatic carbocycles. The van der Waals surface area contributed by atoms with Crippen LogP contribution < -0.4 is 0 Å². The smallest absolute Gasteiger partial charge is 0.229 e. The molecule has 21 heavy (non-hydrogen) atoms. The van der Waals surface area contributed by atoms with Crippen LogP contribution in [0, 0.1) is 5.92 Å². The predicted octanol–water partition coefficient (Wildman–Crippen LogP) is 1.33. The third-order valence-electron chi connectivity index (χ3n) is 4.28. The van der Waals surface area contributed by atoms with Crippen LogP contribution in [-0.4, -0.2) is 39.1 Å². The molecule has 1 N–H and O–H groups in total. The van der Waals surface area contributed by atoms with Crippen molar-refractivity contribution in [1.29, 1.82) is 0 Å². The summed E-state index contributed by atoms with van der Waals surface area (Å²) in [5.74, 6) is -0.532. The average Bonchev–Trinajstić information content (AvgIpc) is 3.04. The third kappa shape index (κ3) is 2.34. The molecule has 2 aromatic rings. The van der Waals surface area contributed by atoms with Crippen LogP contribution in [0.1, 0.15) is 23.3 Å². The van der Waals surface area contributed by atoms with Gasteiger partial charge in [-0.15, -0.1) is 0 Å². The van der Waals surface area contributed by atoms with Crippen molar-refractivity contribution >= 4 is 5.91 Å². The fraction of sp³-hybridized carbons (Fsp3) is 0.375. The second-order valence-corrected chi connectivity index (χ2v) is 5.64. The van der Waals surface area contributed by atoms with Crippen molar-refractivity contribution < 1.29 is 9.90 Å². The van der Waals surface area contributed by atoms with Gasteiger partial charge in [-0.1, -0.05) is 30.3 Å². The fourth-order valence-electron chi connectivity index (χ4n) is 3.14. The van der Waals surface area contributed by atoms with E-state index in [1.807, 2.05) is 41.9 Å². The van der Waals surface area contributed by atoms with Crippen LogP contribution in [0.2, 0.25) is 0 Å². The number of nitrogens with zero attached hydrogens (tertiary/aromatic N) is 3. The van der Waals surface area contributed by atoms with E-state index in [9.17, 15) is 9.90 Å². The summed E-state index contributed by atoms with van der Waals surface area (Å²) in [6.45, 7) is 0.604. The van der Waals surface area contributed by atoms with E-state index in [0.29, 0.717) is 6.54 Å². The summed E-state index contributed by atoms with van der Waals surface area (Å²) in [6, 6.07) is 9.37. The lowest BCUT2D eigenvalue weighted by Gasteiger charge is -2.22. The summed E-state index contributed by atoms with van der Waals surface area (Å²) in [6.07, 6.45) is 2.70. The molecule has 1 saturated heterocycles. The Labute approximate surface area is 123 Å². The van der Waals surface area contributed by atoms with Gasteiger partial charge in [0.05, 0.1) is 18.3 Å². The Hall–Kier alpha value is -2.14. The number of likely N-dealkylation sites (N-methyl/N-ethyl adjacent to an activating group) is 1. The van der Waals surface area contributed by atoms with Gasteiger partial charge in [0.15, 0.2) is 0 Å². The van der Waals surface area contributed by atoms with Gasteiger partial charge in [0, 0.05) is 38.4 Å². The number of aryl methyl sites for hydroxylation is 1. The van der Waals surface area contributed by atoms with Crippen LogP contribution in [-0.2, 0) is 11.8 Å². The van der Waals surface area contributed by atoms with Crippen molar-refractivity contribution in [2.24, 2.45) is 13.0 Å². The van der Waals surface area contributed by atoms with E-state index in [-0.39, 0.29) is 11.8 Å². The van der Waals surface area contributed by atoms with Gasteiger partial charge in [-0.25, -0.2) is 4.98 Å². The first-order chi connectivity index (χ1) is 10.1. The zero-order chi connectivity index (χ0) is 15.0. The molecule has 1 amide bonds. The summed E-state index contributed by atoms with van der Waals surface area (Å²) in [5, 5.41) is 10.7. The van der Waals surface area contributed by atoms with Crippen LogP contribution in [0.4, 0.5) is 0 Å². The molecular weight excluding hydrogens is 266 g/mol. The average molecular weight is 285 g/mol. The molecule has 2 heterocycles. The first kappa shape index (κ1) is 13.8. The minimum absolute atomic E-state index is 0.0162. The molecule has 1 aliphatic heterocycles. The number of aliphatic hydroxyl groups excluding tert-OH is 1. The zero-order valence-electron chi connectivity index (χ0n) is 12.2. The maximum absolute atomic E-state index is 12.5. The Morgan fingerprint density at radius 3 is 2.62 bits per heavy atom. The largest absolute Gasteiger partial charge is 0.388 e. The highest BCUT2D eigenvalue weighted by Gasteiger charge is 2.45. The lowest BCUT2D eigenvalue weighted by molar-refractivity contribution is -0.133. The molecule has 110 valence electrons.